The van der Waals surface area contributed by atoms with E-state index in [2.05, 4.69) is 48.3 Å². The predicted molar refractivity (Wildman–Crippen MR) is 110 cm³/mol. The molecule has 0 bridgehead atoms. The van der Waals surface area contributed by atoms with Gasteiger partial charge in [0, 0.05) is 25.8 Å². The first kappa shape index (κ1) is 20.5. The van der Waals surface area contributed by atoms with Gasteiger partial charge in [-0.25, -0.2) is 0 Å². The average molecular weight is 345 g/mol. The monoisotopic (exact) mass is 344 g/mol. The first-order valence-electron chi connectivity index (χ1n) is 10.8. The zero-order chi connectivity index (χ0) is 17.7. The third kappa shape index (κ3) is 7.50. The number of rotatable bonds is 13. The van der Waals surface area contributed by atoms with E-state index < -0.39 is 0 Å². The summed E-state index contributed by atoms with van der Waals surface area (Å²) in [7, 11) is 0. The van der Waals surface area contributed by atoms with Crippen molar-refractivity contribution in [2.24, 2.45) is 0 Å². The highest BCUT2D eigenvalue weighted by Crippen LogP contribution is 2.29. The second-order valence-electron chi connectivity index (χ2n) is 7.81. The van der Waals surface area contributed by atoms with Crippen LogP contribution in [0.15, 0.2) is 24.3 Å². The zero-order valence-electron chi connectivity index (χ0n) is 16.7. The smallest absolute Gasteiger partial charge is 0.0487 e. The SMILES string of the molecule is CCCCCCCCCCCCC(c1ccccc1C)N1CCNC1. The molecule has 25 heavy (non-hydrogen) atoms. The van der Waals surface area contributed by atoms with E-state index >= 15 is 0 Å². The summed E-state index contributed by atoms with van der Waals surface area (Å²) in [6.45, 7) is 7.95. The molecule has 2 heteroatoms. The molecular weight excluding hydrogens is 304 g/mol. The number of nitrogens with one attached hydrogen (secondary N) is 1. The van der Waals surface area contributed by atoms with Crippen LogP contribution in [0.3, 0.4) is 0 Å². The highest BCUT2D eigenvalue weighted by molar-refractivity contribution is 5.29. The van der Waals surface area contributed by atoms with Crippen LogP contribution in [0.4, 0.5) is 0 Å². The number of benzene rings is 1. The van der Waals surface area contributed by atoms with Crippen LogP contribution in [0.25, 0.3) is 0 Å². The van der Waals surface area contributed by atoms with Crippen LogP contribution in [0, 0.1) is 6.92 Å². The van der Waals surface area contributed by atoms with Crippen LogP contribution < -0.4 is 5.32 Å². The minimum atomic E-state index is 0.602. The van der Waals surface area contributed by atoms with Crippen LogP contribution in [-0.4, -0.2) is 24.7 Å². The van der Waals surface area contributed by atoms with Crippen LogP contribution in [-0.2, 0) is 0 Å². The van der Waals surface area contributed by atoms with Gasteiger partial charge < -0.3 is 5.32 Å². The van der Waals surface area contributed by atoms with Gasteiger partial charge in [-0.1, -0.05) is 95.4 Å². The maximum Gasteiger partial charge on any atom is 0.0487 e. The maximum absolute atomic E-state index is 3.51. The Kier molecular flexibility index (Phi) is 10.2. The maximum atomic E-state index is 3.51. The highest BCUT2D eigenvalue weighted by atomic mass is 15.3. The third-order valence-corrected chi connectivity index (χ3v) is 5.71. The molecule has 142 valence electrons. The van der Waals surface area contributed by atoms with Gasteiger partial charge in [0.2, 0.25) is 0 Å². The second kappa shape index (κ2) is 12.5. The summed E-state index contributed by atoms with van der Waals surface area (Å²) in [6, 6.07) is 9.58. The van der Waals surface area contributed by atoms with E-state index in [1.54, 1.807) is 5.56 Å². The summed E-state index contributed by atoms with van der Waals surface area (Å²) in [6.07, 6.45) is 15.5. The van der Waals surface area contributed by atoms with Gasteiger partial charge in [0.1, 0.15) is 0 Å². The van der Waals surface area contributed by atoms with Gasteiger partial charge in [-0.15, -0.1) is 0 Å². The quantitative estimate of drug-likeness (QED) is 0.428. The summed E-state index contributed by atoms with van der Waals surface area (Å²) >= 11 is 0. The summed E-state index contributed by atoms with van der Waals surface area (Å²) in [5, 5.41) is 3.51. The molecular formula is C23H40N2. The predicted octanol–water partition coefficient (Wildman–Crippen LogP) is 6.21. The largest absolute Gasteiger partial charge is 0.303 e. The van der Waals surface area contributed by atoms with E-state index in [4.69, 9.17) is 0 Å². The summed E-state index contributed by atoms with van der Waals surface area (Å²) in [5.74, 6) is 0. The molecule has 1 heterocycles. The molecule has 1 aliphatic rings. The van der Waals surface area contributed by atoms with Crippen molar-refractivity contribution >= 4 is 0 Å². The van der Waals surface area contributed by atoms with E-state index in [0.29, 0.717) is 6.04 Å². The lowest BCUT2D eigenvalue weighted by atomic mass is 9.95. The Morgan fingerprint density at radius 1 is 0.920 bits per heavy atom. The number of aryl methyl sites for hydroxylation is 1. The molecule has 1 saturated heterocycles. The van der Waals surface area contributed by atoms with Crippen LogP contribution in [0.1, 0.15) is 94.7 Å². The van der Waals surface area contributed by atoms with Crippen molar-refractivity contribution < 1.29 is 0 Å². The number of nitrogens with zero attached hydrogens (tertiary/aromatic N) is 1. The fourth-order valence-corrected chi connectivity index (χ4v) is 4.11. The molecule has 1 fully saturated rings. The van der Waals surface area contributed by atoms with Crippen molar-refractivity contribution in [3.8, 4) is 0 Å². The van der Waals surface area contributed by atoms with Gasteiger partial charge in [-0.05, 0) is 24.5 Å². The number of hydrogen-bond acceptors (Lipinski definition) is 2. The number of unbranched alkanes of at least 4 members (excludes halogenated alkanes) is 9. The molecule has 0 radical (unpaired) electrons. The Bertz CT molecular complexity index is 451. The van der Waals surface area contributed by atoms with Gasteiger partial charge in [0.25, 0.3) is 0 Å². The fourth-order valence-electron chi connectivity index (χ4n) is 4.11. The normalized spacial score (nSPS) is 16.4. The standard InChI is InChI=1S/C23H40N2/c1-3-4-5-6-7-8-9-10-11-12-17-23(25-19-18-24-20-25)22-16-14-13-15-21(22)2/h13-16,23-24H,3-12,17-20H2,1-2H3. The highest BCUT2D eigenvalue weighted by Gasteiger charge is 2.23. The summed E-state index contributed by atoms with van der Waals surface area (Å²) in [4.78, 5) is 2.63. The van der Waals surface area contributed by atoms with Crippen molar-refractivity contribution in [2.75, 3.05) is 19.8 Å². The molecule has 0 aliphatic carbocycles. The van der Waals surface area contributed by atoms with Crippen molar-refractivity contribution in [2.45, 2.75) is 90.5 Å². The Balaban J connectivity index is 1.66. The van der Waals surface area contributed by atoms with Gasteiger partial charge in [0.15, 0.2) is 0 Å². The topological polar surface area (TPSA) is 15.3 Å². The molecule has 1 aromatic carbocycles. The Hall–Kier alpha value is -0.860. The Labute approximate surface area is 156 Å². The van der Waals surface area contributed by atoms with Crippen molar-refractivity contribution in [3.05, 3.63) is 35.4 Å². The van der Waals surface area contributed by atoms with Crippen LogP contribution >= 0.6 is 0 Å². The van der Waals surface area contributed by atoms with E-state index in [-0.39, 0.29) is 0 Å². The molecule has 0 spiro atoms. The second-order valence-corrected chi connectivity index (χ2v) is 7.81. The lowest BCUT2D eigenvalue weighted by Crippen LogP contribution is -2.28. The van der Waals surface area contributed by atoms with Gasteiger partial charge >= 0.3 is 0 Å². The molecule has 2 rings (SSSR count). The number of hydrogen-bond donors (Lipinski definition) is 1. The lowest BCUT2D eigenvalue weighted by molar-refractivity contribution is 0.225. The zero-order valence-corrected chi connectivity index (χ0v) is 16.7. The molecule has 0 aromatic heterocycles. The van der Waals surface area contributed by atoms with Gasteiger partial charge in [0.05, 0.1) is 0 Å². The van der Waals surface area contributed by atoms with Crippen molar-refractivity contribution in [1.82, 2.24) is 10.2 Å². The van der Waals surface area contributed by atoms with E-state index in [1.165, 1.54) is 82.7 Å². The van der Waals surface area contributed by atoms with Gasteiger partial charge in [-0.2, -0.15) is 0 Å². The third-order valence-electron chi connectivity index (χ3n) is 5.71. The molecule has 1 aromatic rings. The average Bonchev–Trinajstić information content (AvgIpc) is 3.15. The molecule has 1 aliphatic heterocycles. The minimum absolute atomic E-state index is 0.602. The van der Waals surface area contributed by atoms with E-state index in [9.17, 15) is 0 Å². The molecule has 0 amide bonds. The summed E-state index contributed by atoms with van der Waals surface area (Å²) < 4.78 is 0. The molecule has 0 saturated carbocycles. The Morgan fingerprint density at radius 3 is 2.16 bits per heavy atom. The molecule has 2 nitrogen and oxygen atoms in total. The molecule has 1 N–H and O–H groups in total. The van der Waals surface area contributed by atoms with E-state index in [1.807, 2.05) is 0 Å². The van der Waals surface area contributed by atoms with Crippen molar-refractivity contribution in [3.63, 3.8) is 0 Å². The first-order valence-corrected chi connectivity index (χ1v) is 10.8. The lowest BCUT2D eigenvalue weighted by Gasteiger charge is -2.28. The van der Waals surface area contributed by atoms with E-state index in [0.717, 1.165) is 13.2 Å². The van der Waals surface area contributed by atoms with Crippen molar-refractivity contribution in [1.29, 1.82) is 0 Å². The molecule has 1 unspecified atom stereocenters. The van der Waals surface area contributed by atoms with Crippen LogP contribution in [0.5, 0.6) is 0 Å². The summed E-state index contributed by atoms with van der Waals surface area (Å²) in [5.41, 5.74) is 2.99. The minimum Gasteiger partial charge on any atom is -0.303 e. The first-order chi connectivity index (χ1) is 12.3. The fraction of sp³-hybridized carbons (Fsp3) is 0.739. The van der Waals surface area contributed by atoms with Crippen LogP contribution in [0.2, 0.25) is 0 Å². The Morgan fingerprint density at radius 2 is 1.56 bits per heavy atom. The van der Waals surface area contributed by atoms with Gasteiger partial charge in [-0.3, -0.25) is 4.90 Å². The molecule has 1 atom stereocenters.